The van der Waals surface area contributed by atoms with Crippen LogP contribution >= 0.6 is 0 Å². The summed E-state index contributed by atoms with van der Waals surface area (Å²) in [5, 5.41) is 5.24. The molecule has 0 saturated heterocycles. The maximum Gasteiger partial charge on any atom is 0.277 e. The van der Waals surface area contributed by atoms with Crippen LogP contribution in [-0.2, 0) is 17.6 Å². The van der Waals surface area contributed by atoms with Crippen LogP contribution in [0.2, 0.25) is 0 Å². The van der Waals surface area contributed by atoms with Gasteiger partial charge in [-0.25, -0.2) is 5.43 Å². The van der Waals surface area contributed by atoms with E-state index in [1.165, 1.54) is 24.0 Å². The van der Waals surface area contributed by atoms with Gasteiger partial charge in [0.25, 0.3) is 5.91 Å². The maximum atomic E-state index is 12.1. The van der Waals surface area contributed by atoms with Crippen molar-refractivity contribution in [3.8, 4) is 5.75 Å². The van der Waals surface area contributed by atoms with Gasteiger partial charge in [0.15, 0.2) is 6.61 Å². The molecule has 0 radical (unpaired) electrons. The zero-order chi connectivity index (χ0) is 20.2. The van der Waals surface area contributed by atoms with Gasteiger partial charge in [-0.1, -0.05) is 24.3 Å². The molecule has 1 N–H and O–H groups in total. The summed E-state index contributed by atoms with van der Waals surface area (Å²) >= 11 is 0. The van der Waals surface area contributed by atoms with Crippen LogP contribution in [0.1, 0.15) is 49.4 Å². The van der Waals surface area contributed by atoms with E-state index in [0.717, 1.165) is 35.1 Å². The minimum atomic E-state index is -0.272. The van der Waals surface area contributed by atoms with Crippen LogP contribution in [0.3, 0.4) is 0 Å². The SMILES string of the molecule is CC(C)n1cc(/C=N\NC(=O)COc2ccc3c(c2)CCCC3)c2ccccc21. The number of amides is 1. The predicted molar refractivity (Wildman–Crippen MR) is 117 cm³/mol. The number of nitrogens with one attached hydrogen (secondary N) is 1. The van der Waals surface area contributed by atoms with E-state index in [4.69, 9.17) is 4.74 Å². The van der Waals surface area contributed by atoms with E-state index in [-0.39, 0.29) is 12.5 Å². The van der Waals surface area contributed by atoms with Crippen molar-refractivity contribution in [2.75, 3.05) is 6.61 Å². The molecule has 1 aliphatic rings. The Balaban J connectivity index is 1.36. The lowest BCUT2D eigenvalue weighted by molar-refractivity contribution is -0.123. The van der Waals surface area contributed by atoms with E-state index in [1.807, 2.05) is 18.2 Å². The number of para-hydroxylation sites is 1. The van der Waals surface area contributed by atoms with Gasteiger partial charge in [-0.3, -0.25) is 4.79 Å². The number of fused-ring (bicyclic) bond motifs is 2. The second kappa shape index (κ2) is 8.52. The summed E-state index contributed by atoms with van der Waals surface area (Å²) in [4.78, 5) is 12.1. The monoisotopic (exact) mass is 389 g/mol. The smallest absolute Gasteiger partial charge is 0.277 e. The van der Waals surface area contributed by atoms with Gasteiger partial charge in [0, 0.05) is 28.7 Å². The lowest BCUT2D eigenvalue weighted by Crippen LogP contribution is -2.24. The molecule has 0 spiro atoms. The van der Waals surface area contributed by atoms with Crippen molar-refractivity contribution >= 4 is 23.0 Å². The van der Waals surface area contributed by atoms with Crippen molar-refractivity contribution in [2.45, 2.75) is 45.6 Å². The molecular formula is C24H27N3O2. The van der Waals surface area contributed by atoms with Gasteiger partial charge < -0.3 is 9.30 Å². The van der Waals surface area contributed by atoms with Crippen LogP contribution in [0.5, 0.6) is 5.75 Å². The summed E-state index contributed by atoms with van der Waals surface area (Å²) < 4.78 is 7.86. The number of nitrogens with zero attached hydrogens (tertiary/aromatic N) is 2. The lowest BCUT2D eigenvalue weighted by Gasteiger charge is -2.16. The van der Waals surface area contributed by atoms with Gasteiger partial charge in [-0.05, 0) is 68.9 Å². The average Bonchev–Trinajstić information content (AvgIpc) is 3.11. The van der Waals surface area contributed by atoms with Gasteiger partial charge in [-0.2, -0.15) is 5.10 Å². The van der Waals surface area contributed by atoms with Gasteiger partial charge in [0.2, 0.25) is 0 Å². The number of aromatic nitrogens is 1. The van der Waals surface area contributed by atoms with Crippen LogP contribution in [0.25, 0.3) is 10.9 Å². The summed E-state index contributed by atoms with van der Waals surface area (Å²) in [7, 11) is 0. The number of rotatable bonds is 6. The van der Waals surface area contributed by atoms with Crippen molar-refractivity contribution in [2.24, 2.45) is 5.10 Å². The van der Waals surface area contributed by atoms with E-state index >= 15 is 0 Å². The molecule has 4 rings (SSSR count). The molecule has 1 aromatic heterocycles. The highest BCUT2D eigenvalue weighted by atomic mass is 16.5. The van der Waals surface area contributed by atoms with E-state index in [2.05, 4.69) is 59.4 Å². The molecule has 5 heteroatoms. The zero-order valence-corrected chi connectivity index (χ0v) is 17.0. The Morgan fingerprint density at radius 3 is 2.79 bits per heavy atom. The Kier molecular flexibility index (Phi) is 5.65. The number of carbonyl (C=O) groups is 1. The standard InChI is InChI=1S/C24H27N3O2/c1-17(2)27-15-20(22-9-5-6-10-23(22)27)14-25-26-24(28)16-29-21-12-11-18-7-3-4-8-19(18)13-21/h5-6,9-15,17H,3-4,7-8,16H2,1-2H3,(H,26,28)/b25-14-. The fraction of sp³-hybridized carbons (Fsp3) is 0.333. The molecule has 1 amide bonds. The molecule has 2 aromatic carbocycles. The molecule has 0 aliphatic heterocycles. The maximum absolute atomic E-state index is 12.1. The largest absolute Gasteiger partial charge is 0.484 e. The minimum absolute atomic E-state index is 0.0517. The van der Waals surface area contributed by atoms with E-state index in [9.17, 15) is 4.79 Å². The van der Waals surface area contributed by atoms with Crippen LogP contribution < -0.4 is 10.2 Å². The van der Waals surface area contributed by atoms with Crippen LogP contribution in [0.4, 0.5) is 0 Å². The minimum Gasteiger partial charge on any atom is -0.484 e. The molecule has 0 saturated carbocycles. The third-order valence-corrected chi connectivity index (χ3v) is 5.41. The Bertz CT molecular complexity index is 1050. The Morgan fingerprint density at radius 2 is 1.97 bits per heavy atom. The Hall–Kier alpha value is -3.08. The second-order valence-electron chi connectivity index (χ2n) is 7.82. The molecule has 0 bridgehead atoms. The molecule has 1 aliphatic carbocycles. The summed E-state index contributed by atoms with van der Waals surface area (Å²) in [6, 6.07) is 14.7. The summed E-state index contributed by atoms with van der Waals surface area (Å²) in [6.07, 6.45) is 8.46. The number of aryl methyl sites for hydroxylation is 2. The zero-order valence-electron chi connectivity index (χ0n) is 17.0. The molecule has 3 aromatic rings. The van der Waals surface area contributed by atoms with Gasteiger partial charge >= 0.3 is 0 Å². The fourth-order valence-corrected chi connectivity index (χ4v) is 3.92. The summed E-state index contributed by atoms with van der Waals surface area (Å²) in [5.41, 5.74) is 7.44. The first-order valence-corrected chi connectivity index (χ1v) is 10.3. The molecule has 150 valence electrons. The quantitative estimate of drug-likeness (QED) is 0.494. The molecule has 29 heavy (non-hydrogen) atoms. The normalized spacial score (nSPS) is 13.8. The molecule has 0 fully saturated rings. The topological polar surface area (TPSA) is 55.6 Å². The fourth-order valence-electron chi connectivity index (χ4n) is 3.92. The van der Waals surface area contributed by atoms with E-state index in [0.29, 0.717) is 6.04 Å². The van der Waals surface area contributed by atoms with Crippen molar-refractivity contribution < 1.29 is 9.53 Å². The van der Waals surface area contributed by atoms with Gasteiger partial charge in [-0.15, -0.1) is 0 Å². The number of benzene rings is 2. The number of hydrogen-bond acceptors (Lipinski definition) is 3. The van der Waals surface area contributed by atoms with Crippen LogP contribution in [-0.4, -0.2) is 23.3 Å². The number of hydrogen-bond donors (Lipinski definition) is 1. The highest BCUT2D eigenvalue weighted by molar-refractivity contribution is 5.99. The molecular weight excluding hydrogens is 362 g/mol. The molecule has 1 heterocycles. The molecule has 0 atom stereocenters. The lowest BCUT2D eigenvalue weighted by atomic mass is 9.92. The number of hydrazone groups is 1. The first-order valence-electron chi connectivity index (χ1n) is 10.3. The summed E-state index contributed by atoms with van der Waals surface area (Å²) in [5.74, 6) is 0.469. The second-order valence-corrected chi connectivity index (χ2v) is 7.82. The highest BCUT2D eigenvalue weighted by Crippen LogP contribution is 2.25. The van der Waals surface area contributed by atoms with Crippen molar-refractivity contribution in [3.05, 3.63) is 65.4 Å². The number of carbonyl (C=O) groups excluding carboxylic acids is 1. The van der Waals surface area contributed by atoms with Gasteiger partial charge in [0.05, 0.1) is 6.21 Å². The van der Waals surface area contributed by atoms with E-state index < -0.39 is 0 Å². The first kappa shape index (κ1) is 19.2. The van der Waals surface area contributed by atoms with Crippen LogP contribution in [0.15, 0.2) is 53.8 Å². The number of ether oxygens (including phenoxy) is 1. The summed E-state index contributed by atoms with van der Waals surface area (Å²) in [6.45, 7) is 4.24. The highest BCUT2D eigenvalue weighted by Gasteiger charge is 2.11. The predicted octanol–water partition coefficient (Wildman–Crippen LogP) is 4.63. The average molecular weight is 389 g/mol. The first-order chi connectivity index (χ1) is 14.1. The molecule has 5 nitrogen and oxygen atoms in total. The van der Waals surface area contributed by atoms with Crippen LogP contribution in [0, 0.1) is 0 Å². The third kappa shape index (κ3) is 4.34. The van der Waals surface area contributed by atoms with Crippen molar-refractivity contribution in [1.29, 1.82) is 0 Å². The third-order valence-electron chi connectivity index (χ3n) is 5.41. The van der Waals surface area contributed by atoms with Gasteiger partial charge in [0.1, 0.15) is 5.75 Å². The molecule has 0 unspecified atom stereocenters. The Morgan fingerprint density at radius 1 is 1.17 bits per heavy atom. The Labute approximate surface area is 171 Å². The van der Waals surface area contributed by atoms with Crippen molar-refractivity contribution in [1.82, 2.24) is 9.99 Å². The van der Waals surface area contributed by atoms with Crippen molar-refractivity contribution in [3.63, 3.8) is 0 Å². The van der Waals surface area contributed by atoms with E-state index in [1.54, 1.807) is 6.21 Å².